The SMILES string of the molecule is CC(CSc1ccc(Br)cc1)=NNC#SN. The van der Waals surface area contributed by atoms with E-state index in [4.69, 9.17) is 5.14 Å². The van der Waals surface area contributed by atoms with Gasteiger partial charge >= 0.3 is 0 Å². The number of halogens is 1. The molecule has 0 unspecified atom stereocenters. The smallest absolute Gasteiger partial charge is 0.0568 e. The highest BCUT2D eigenvalue weighted by atomic mass is 79.9. The summed E-state index contributed by atoms with van der Waals surface area (Å²) < 4.78 is 1.09. The van der Waals surface area contributed by atoms with E-state index < -0.39 is 0 Å². The Kier molecular flexibility index (Phi) is 6.52. The van der Waals surface area contributed by atoms with E-state index in [9.17, 15) is 0 Å². The Morgan fingerprint density at radius 2 is 2.19 bits per heavy atom. The van der Waals surface area contributed by atoms with Gasteiger partial charge in [0.15, 0.2) is 0 Å². The summed E-state index contributed by atoms with van der Waals surface area (Å²) >= 11 is 6.12. The second kappa shape index (κ2) is 7.70. The molecule has 1 aromatic carbocycles. The minimum atomic E-state index is 0.839. The first-order valence-corrected chi connectivity index (χ1v) is 7.15. The van der Waals surface area contributed by atoms with Gasteiger partial charge < -0.3 is 0 Å². The Morgan fingerprint density at radius 3 is 2.81 bits per heavy atom. The van der Waals surface area contributed by atoms with Crippen LogP contribution in [0.5, 0.6) is 0 Å². The van der Waals surface area contributed by atoms with Gasteiger partial charge in [0.25, 0.3) is 0 Å². The zero-order valence-corrected chi connectivity index (χ0v) is 12.0. The minimum Gasteiger partial charge on any atom is -0.251 e. The van der Waals surface area contributed by atoms with Gasteiger partial charge in [-0.25, -0.2) is 5.43 Å². The largest absolute Gasteiger partial charge is 0.251 e. The van der Waals surface area contributed by atoms with Crippen LogP contribution in [0, 0.1) is 5.31 Å². The molecule has 0 saturated carbocycles. The molecule has 0 atom stereocenters. The third kappa shape index (κ3) is 5.53. The lowest BCUT2D eigenvalue weighted by molar-refractivity contribution is 1.01. The van der Waals surface area contributed by atoms with Crippen molar-refractivity contribution in [2.45, 2.75) is 11.8 Å². The number of rotatable bonds is 4. The van der Waals surface area contributed by atoms with E-state index >= 15 is 0 Å². The molecule has 0 aromatic heterocycles. The first kappa shape index (κ1) is 13.5. The standard InChI is InChI=1S/C10H12BrN3S2/c1-8(14-13-7-16-12)6-15-10-4-2-9(11)3-5-10/h2-5,13H,6,12H2,1H3. The predicted octanol–water partition coefficient (Wildman–Crippen LogP) is 3.03. The molecule has 0 aliphatic heterocycles. The molecule has 0 aliphatic carbocycles. The summed E-state index contributed by atoms with van der Waals surface area (Å²) in [7, 11) is 0. The fourth-order valence-electron chi connectivity index (χ4n) is 0.895. The first-order chi connectivity index (χ1) is 7.72. The Labute approximate surface area is 112 Å². The molecule has 0 amide bonds. The highest BCUT2D eigenvalue weighted by Gasteiger charge is 1.96. The number of benzene rings is 1. The van der Waals surface area contributed by atoms with Crippen LogP contribution in [0.2, 0.25) is 0 Å². The Morgan fingerprint density at radius 1 is 1.50 bits per heavy atom. The topological polar surface area (TPSA) is 50.4 Å². The average molecular weight is 318 g/mol. The van der Waals surface area contributed by atoms with Gasteiger partial charge in [0.1, 0.15) is 0 Å². The molecule has 0 spiro atoms. The lowest BCUT2D eigenvalue weighted by Crippen LogP contribution is -2.03. The monoisotopic (exact) mass is 317 g/mol. The summed E-state index contributed by atoms with van der Waals surface area (Å²) in [5, 5.41) is 11.9. The highest BCUT2D eigenvalue weighted by molar-refractivity contribution is 9.10. The third-order valence-corrected chi connectivity index (χ3v) is 3.52. The van der Waals surface area contributed by atoms with E-state index in [-0.39, 0.29) is 0 Å². The van der Waals surface area contributed by atoms with Gasteiger partial charge in [0.05, 0.1) is 5.31 Å². The van der Waals surface area contributed by atoms with Crippen molar-refractivity contribution < 1.29 is 0 Å². The van der Waals surface area contributed by atoms with Crippen LogP contribution in [-0.2, 0) is 0 Å². The number of hydrogen-bond donors (Lipinski definition) is 2. The van der Waals surface area contributed by atoms with E-state index in [1.165, 1.54) is 4.90 Å². The van der Waals surface area contributed by atoms with Crippen LogP contribution in [0.15, 0.2) is 38.7 Å². The Balaban J connectivity index is 2.41. The second-order valence-electron chi connectivity index (χ2n) is 2.92. The minimum absolute atomic E-state index is 0.839. The highest BCUT2D eigenvalue weighted by Crippen LogP contribution is 2.20. The fraction of sp³-hybridized carbons (Fsp3) is 0.200. The quantitative estimate of drug-likeness (QED) is 0.295. The van der Waals surface area contributed by atoms with E-state index in [0.29, 0.717) is 0 Å². The molecule has 0 radical (unpaired) electrons. The van der Waals surface area contributed by atoms with Crippen molar-refractivity contribution in [1.29, 1.82) is 0 Å². The summed E-state index contributed by atoms with van der Waals surface area (Å²) in [4.78, 5) is 1.22. The lowest BCUT2D eigenvalue weighted by Gasteiger charge is -2.01. The molecule has 3 nitrogen and oxygen atoms in total. The van der Waals surface area contributed by atoms with E-state index in [0.717, 1.165) is 27.3 Å². The molecular formula is C10H12BrN3S2. The zero-order chi connectivity index (χ0) is 11.8. The van der Waals surface area contributed by atoms with E-state index in [2.05, 4.69) is 43.9 Å². The van der Waals surface area contributed by atoms with Crippen LogP contribution in [-0.4, -0.2) is 11.5 Å². The molecule has 0 aliphatic rings. The summed E-state index contributed by atoms with van der Waals surface area (Å²) in [6.45, 7) is 1.96. The number of thioether (sulfide) groups is 1. The number of nitrogens with two attached hydrogens (primary N) is 1. The van der Waals surface area contributed by atoms with Gasteiger partial charge in [-0.3, -0.25) is 5.14 Å². The average Bonchev–Trinajstić information content (AvgIpc) is 2.29. The van der Waals surface area contributed by atoms with Crippen molar-refractivity contribution in [3.8, 4) is 5.31 Å². The van der Waals surface area contributed by atoms with E-state index in [1.54, 1.807) is 11.8 Å². The van der Waals surface area contributed by atoms with Gasteiger partial charge in [-0.05, 0) is 42.5 Å². The maximum absolute atomic E-state index is 5.16. The van der Waals surface area contributed by atoms with Crippen molar-refractivity contribution in [1.82, 2.24) is 5.43 Å². The Bertz CT molecular complexity index is 420. The van der Waals surface area contributed by atoms with Gasteiger partial charge in [0, 0.05) is 20.8 Å². The Hall–Kier alpha value is -0.520. The molecule has 0 bridgehead atoms. The van der Waals surface area contributed by atoms with Crippen LogP contribution in [0.1, 0.15) is 6.92 Å². The molecule has 0 fully saturated rings. The predicted molar refractivity (Wildman–Crippen MR) is 76.8 cm³/mol. The fourth-order valence-corrected chi connectivity index (χ4v) is 2.03. The molecule has 6 heteroatoms. The molecule has 0 heterocycles. The van der Waals surface area contributed by atoms with Crippen LogP contribution in [0.3, 0.4) is 0 Å². The van der Waals surface area contributed by atoms with Crippen LogP contribution in [0.25, 0.3) is 0 Å². The number of hydrogen-bond acceptors (Lipinski definition) is 4. The van der Waals surface area contributed by atoms with Gasteiger partial charge in [-0.15, -0.1) is 11.8 Å². The van der Waals surface area contributed by atoms with E-state index in [1.807, 2.05) is 19.1 Å². The number of nitrogens with zero attached hydrogens (tertiary/aromatic N) is 1. The molecule has 16 heavy (non-hydrogen) atoms. The summed E-state index contributed by atoms with van der Waals surface area (Å²) in [6.07, 6.45) is 0. The molecule has 1 rings (SSSR count). The van der Waals surface area contributed by atoms with Crippen molar-refractivity contribution in [3.63, 3.8) is 0 Å². The third-order valence-electron chi connectivity index (χ3n) is 1.61. The maximum atomic E-state index is 5.16. The molecule has 0 saturated heterocycles. The summed E-state index contributed by atoms with van der Waals surface area (Å²) in [6, 6.07) is 8.20. The first-order valence-electron chi connectivity index (χ1n) is 4.49. The zero-order valence-electron chi connectivity index (χ0n) is 8.74. The van der Waals surface area contributed by atoms with Crippen LogP contribution in [0.4, 0.5) is 0 Å². The van der Waals surface area contributed by atoms with Crippen molar-refractivity contribution in [2.75, 3.05) is 5.75 Å². The lowest BCUT2D eigenvalue weighted by atomic mass is 10.4. The maximum Gasteiger partial charge on any atom is 0.0568 e. The number of nitrogens with one attached hydrogen (secondary N) is 1. The normalized spacial score (nSPS) is 10.8. The van der Waals surface area contributed by atoms with Crippen molar-refractivity contribution in [2.24, 2.45) is 10.2 Å². The van der Waals surface area contributed by atoms with Gasteiger partial charge in [-0.2, -0.15) is 5.10 Å². The van der Waals surface area contributed by atoms with Gasteiger partial charge in [0.2, 0.25) is 0 Å². The number of hydrazone groups is 1. The molecular weight excluding hydrogens is 306 g/mol. The molecule has 1 aromatic rings. The van der Waals surface area contributed by atoms with Crippen LogP contribution >= 0.6 is 39.0 Å². The van der Waals surface area contributed by atoms with Crippen LogP contribution < -0.4 is 10.6 Å². The molecule has 86 valence electrons. The summed E-state index contributed by atoms with van der Waals surface area (Å²) in [5.74, 6) is 0.839. The van der Waals surface area contributed by atoms with Gasteiger partial charge in [-0.1, -0.05) is 15.9 Å². The van der Waals surface area contributed by atoms with Crippen molar-refractivity contribution >= 4 is 44.8 Å². The summed E-state index contributed by atoms with van der Waals surface area (Å²) in [5.41, 5.74) is 3.63. The second-order valence-corrected chi connectivity index (χ2v) is 5.33. The van der Waals surface area contributed by atoms with Crippen molar-refractivity contribution in [3.05, 3.63) is 28.7 Å². The molecule has 3 N–H and O–H groups in total.